The summed E-state index contributed by atoms with van der Waals surface area (Å²) < 4.78 is 22.8. The highest BCUT2D eigenvalue weighted by Gasteiger charge is 2.12. The number of ether oxygens (including phenoxy) is 3. The van der Waals surface area contributed by atoms with Gasteiger partial charge in [-0.2, -0.15) is 0 Å². The molecule has 152 valence electrons. The molecule has 0 radical (unpaired) electrons. The maximum Gasteiger partial charge on any atom is 0.287 e. The normalized spacial score (nSPS) is 10.4. The average Bonchev–Trinajstić information content (AvgIpc) is 3.21. The van der Waals surface area contributed by atoms with Crippen LogP contribution in [0.25, 0.3) is 0 Å². The zero-order chi connectivity index (χ0) is 20.6. The van der Waals surface area contributed by atoms with Crippen LogP contribution in [0.15, 0.2) is 63.5 Å². The number of rotatable bonds is 9. The van der Waals surface area contributed by atoms with Crippen LogP contribution in [0, 0.1) is 0 Å². The second kappa shape index (κ2) is 10.0. The Morgan fingerprint density at radius 3 is 2.66 bits per heavy atom. The van der Waals surface area contributed by atoms with Crippen molar-refractivity contribution in [2.45, 2.75) is 13.0 Å². The van der Waals surface area contributed by atoms with Gasteiger partial charge in [0.2, 0.25) is 0 Å². The predicted octanol–water partition coefficient (Wildman–Crippen LogP) is 4.61. The molecular formula is C22H22BrNO5. The summed E-state index contributed by atoms with van der Waals surface area (Å²) in [6.45, 7) is 0.693. The van der Waals surface area contributed by atoms with E-state index in [1.165, 1.54) is 0 Å². The quantitative estimate of drug-likeness (QED) is 0.505. The Morgan fingerprint density at radius 1 is 1.03 bits per heavy atom. The van der Waals surface area contributed by atoms with E-state index in [9.17, 15) is 4.79 Å². The number of furan rings is 1. The highest BCUT2D eigenvalue weighted by atomic mass is 79.9. The molecule has 3 rings (SSSR count). The van der Waals surface area contributed by atoms with E-state index in [0.29, 0.717) is 18.7 Å². The molecule has 1 aromatic heterocycles. The summed E-state index contributed by atoms with van der Waals surface area (Å²) >= 11 is 3.40. The van der Waals surface area contributed by atoms with Crippen molar-refractivity contribution in [2.24, 2.45) is 0 Å². The van der Waals surface area contributed by atoms with Gasteiger partial charge in [0.25, 0.3) is 5.91 Å². The minimum absolute atomic E-state index is 0.243. The first-order valence-electron chi connectivity index (χ1n) is 9.05. The Balaban J connectivity index is 1.50. The highest BCUT2D eigenvalue weighted by molar-refractivity contribution is 9.10. The fraction of sp³-hybridized carbons (Fsp3) is 0.227. The summed E-state index contributed by atoms with van der Waals surface area (Å²) in [6, 6.07) is 16.5. The smallest absolute Gasteiger partial charge is 0.287 e. The van der Waals surface area contributed by atoms with Crippen LogP contribution >= 0.6 is 15.9 Å². The van der Waals surface area contributed by atoms with Gasteiger partial charge in [0.05, 0.1) is 14.2 Å². The van der Waals surface area contributed by atoms with E-state index in [-0.39, 0.29) is 18.3 Å². The van der Waals surface area contributed by atoms with E-state index in [1.807, 2.05) is 42.5 Å². The van der Waals surface area contributed by atoms with Gasteiger partial charge in [0.15, 0.2) is 5.76 Å². The van der Waals surface area contributed by atoms with Crippen LogP contribution in [-0.4, -0.2) is 26.7 Å². The number of methoxy groups -OCH3 is 2. The molecule has 6 nitrogen and oxygen atoms in total. The van der Waals surface area contributed by atoms with Gasteiger partial charge in [-0.25, -0.2) is 0 Å². The lowest BCUT2D eigenvalue weighted by molar-refractivity contribution is 0.0922. The molecule has 3 aromatic rings. The summed E-state index contributed by atoms with van der Waals surface area (Å²) in [7, 11) is 3.22. The zero-order valence-electron chi connectivity index (χ0n) is 16.2. The molecule has 0 unspecified atom stereocenters. The lowest BCUT2D eigenvalue weighted by Gasteiger charge is -2.10. The van der Waals surface area contributed by atoms with Gasteiger partial charge in [-0.05, 0) is 48.4 Å². The molecule has 2 aromatic carbocycles. The number of hydrogen-bond donors (Lipinski definition) is 1. The second-order valence-electron chi connectivity index (χ2n) is 6.20. The third-order valence-corrected chi connectivity index (χ3v) is 4.73. The first kappa shape index (κ1) is 20.8. The van der Waals surface area contributed by atoms with E-state index in [4.69, 9.17) is 18.6 Å². The number of halogens is 1. The Labute approximate surface area is 177 Å². The molecule has 7 heteroatoms. The molecule has 1 N–H and O–H groups in total. The number of nitrogens with one attached hydrogen (secondary N) is 1. The van der Waals surface area contributed by atoms with Gasteiger partial charge in [0.1, 0.15) is 29.6 Å². The highest BCUT2D eigenvalue weighted by Crippen LogP contribution is 2.24. The molecule has 1 amide bonds. The molecule has 0 saturated heterocycles. The van der Waals surface area contributed by atoms with Crippen LogP contribution in [0.1, 0.15) is 21.9 Å². The minimum atomic E-state index is -0.272. The zero-order valence-corrected chi connectivity index (χ0v) is 17.8. The fourth-order valence-electron chi connectivity index (χ4n) is 2.74. The number of amides is 1. The van der Waals surface area contributed by atoms with Crippen molar-refractivity contribution in [3.05, 3.63) is 76.2 Å². The van der Waals surface area contributed by atoms with Crippen molar-refractivity contribution in [1.82, 2.24) is 5.32 Å². The lowest BCUT2D eigenvalue weighted by atomic mass is 10.1. The Hall–Kier alpha value is -2.93. The van der Waals surface area contributed by atoms with Gasteiger partial charge in [-0.1, -0.05) is 28.1 Å². The third kappa shape index (κ3) is 5.77. The maximum atomic E-state index is 12.3. The molecule has 0 fully saturated rings. The summed E-state index contributed by atoms with van der Waals surface area (Å²) in [5.41, 5.74) is 0.983. The molecule has 0 atom stereocenters. The van der Waals surface area contributed by atoms with Crippen molar-refractivity contribution in [3.8, 4) is 17.2 Å². The van der Waals surface area contributed by atoms with E-state index in [1.54, 1.807) is 26.4 Å². The monoisotopic (exact) mass is 459 g/mol. The van der Waals surface area contributed by atoms with Gasteiger partial charge in [-0.3, -0.25) is 4.79 Å². The van der Waals surface area contributed by atoms with Gasteiger partial charge in [-0.15, -0.1) is 0 Å². The van der Waals surface area contributed by atoms with Crippen molar-refractivity contribution in [2.75, 3.05) is 20.8 Å². The van der Waals surface area contributed by atoms with Crippen molar-refractivity contribution in [1.29, 1.82) is 0 Å². The number of benzene rings is 2. The summed E-state index contributed by atoms with van der Waals surface area (Å²) in [5.74, 6) is 2.72. The third-order valence-electron chi connectivity index (χ3n) is 4.24. The van der Waals surface area contributed by atoms with Crippen LogP contribution in [0.4, 0.5) is 0 Å². The Kier molecular flexibility index (Phi) is 7.19. The average molecular weight is 460 g/mol. The fourth-order valence-corrected chi connectivity index (χ4v) is 3.12. The van der Waals surface area contributed by atoms with E-state index in [2.05, 4.69) is 21.2 Å². The minimum Gasteiger partial charge on any atom is -0.497 e. The van der Waals surface area contributed by atoms with Crippen molar-refractivity contribution >= 4 is 21.8 Å². The standard InChI is InChI=1S/C22H22BrNO5/c1-26-17-7-6-15(21(13-17)27-2)10-11-24-22(25)20-9-8-19(29-20)14-28-18-5-3-4-16(23)12-18/h3-9,12-13H,10-11,14H2,1-2H3,(H,24,25). The number of carbonyl (C=O) groups is 1. The molecule has 0 aliphatic rings. The topological polar surface area (TPSA) is 69.9 Å². The van der Waals surface area contributed by atoms with E-state index >= 15 is 0 Å². The SMILES string of the molecule is COc1ccc(CCNC(=O)c2ccc(COc3cccc(Br)c3)o2)c(OC)c1. The van der Waals surface area contributed by atoms with Crippen LogP contribution in [0.3, 0.4) is 0 Å². The van der Waals surface area contributed by atoms with Crippen molar-refractivity contribution < 1.29 is 23.4 Å². The lowest BCUT2D eigenvalue weighted by Crippen LogP contribution is -2.25. The van der Waals surface area contributed by atoms with Crippen LogP contribution in [0.5, 0.6) is 17.2 Å². The number of carbonyl (C=O) groups excluding carboxylic acids is 1. The van der Waals surface area contributed by atoms with Crippen molar-refractivity contribution in [3.63, 3.8) is 0 Å². The summed E-state index contributed by atoms with van der Waals surface area (Å²) in [6.07, 6.45) is 0.623. The maximum absolute atomic E-state index is 12.3. The van der Waals surface area contributed by atoms with Crippen LogP contribution < -0.4 is 19.5 Å². The summed E-state index contributed by atoms with van der Waals surface area (Å²) in [4.78, 5) is 12.3. The molecule has 1 heterocycles. The molecule has 0 spiro atoms. The molecule has 0 bridgehead atoms. The van der Waals surface area contributed by atoms with Gasteiger partial charge in [0, 0.05) is 17.1 Å². The largest absolute Gasteiger partial charge is 0.497 e. The Bertz CT molecular complexity index is 969. The first-order valence-corrected chi connectivity index (χ1v) is 9.84. The molecule has 29 heavy (non-hydrogen) atoms. The first-order chi connectivity index (χ1) is 14.1. The van der Waals surface area contributed by atoms with E-state index in [0.717, 1.165) is 27.3 Å². The summed E-state index contributed by atoms with van der Waals surface area (Å²) in [5, 5.41) is 2.86. The van der Waals surface area contributed by atoms with Gasteiger partial charge >= 0.3 is 0 Å². The number of hydrogen-bond acceptors (Lipinski definition) is 5. The molecule has 0 aliphatic heterocycles. The second-order valence-corrected chi connectivity index (χ2v) is 7.11. The predicted molar refractivity (Wildman–Crippen MR) is 113 cm³/mol. The van der Waals surface area contributed by atoms with Crippen LogP contribution in [-0.2, 0) is 13.0 Å². The molecule has 0 saturated carbocycles. The van der Waals surface area contributed by atoms with Crippen LogP contribution in [0.2, 0.25) is 0 Å². The Morgan fingerprint density at radius 2 is 1.90 bits per heavy atom. The molecular weight excluding hydrogens is 438 g/mol. The van der Waals surface area contributed by atoms with E-state index < -0.39 is 0 Å². The van der Waals surface area contributed by atoms with Gasteiger partial charge < -0.3 is 23.9 Å². The molecule has 0 aliphatic carbocycles.